The Balaban J connectivity index is 1.80. The van der Waals surface area contributed by atoms with Crippen LogP contribution in [0.4, 0.5) is 5.00 Å². The first kappa shape index (κ1) is 14.7. The van der Waals surface area contributed by atoms with Crippen LogP contribution in [0.15, 0.2) is 45.1 Å². The largest absolute Gasteiger partial charge is 0.356 e. The zero-order valence-electron chi connectivity index (χ0n) is 11.6. The molecule has 0 saturated carbocycles. The molecule has 0 spiro atoms. The standard InChI is InChI=1S/C14H12N2O4S2/c1-22(18,19)12-6-7-21-14(12)15-13(17)8-10-9-4-2-3-5-11(9)20-16-10/h2-7H,8H2,1H3,(H,15,17). The summed E-state index contributed by atoms with van der Waals surface area (Å²) in [5.41, 5.74) is 1.13. The Bertz CT molecular complexity index is 941. The third-order valence-corrected chi connectivity index (χ3v) is 5.16. The second-order valence-corrected chi connectivity index (χ2v) is 7.64. The van der Waals surface area contributed by atoms with E-state index >= 15 is 0 Å². The van der Waals surface area contributed by atoms with Gasteiger partial charge in [-0.15, -0.1) is 11.3 Å². The van der Waals surface area contributed by atoms with Gasteiger partial charge in [0.25, 0.3) is 0 Å². The maximum absolute atomic E-state index is 12.1. The topological polar surface area (TPSA) is 89.3 Å². The fourth-order valence-electron chi connectivity index (χ4n) is 2.07. The van der Waals surface area contributed by atoms with Crippen molar-refractivity contribution >= 4 is 43.1 Å². The van der Waals surface area contributed by atoms with Gasteiger partial charge in [0.05, 0.1) is 6.42 Å². The number of hydrogen-bond donors (Lipinski definition) is 1. The quantitative estimate of drug-likeness (QED) is 0.790. The molecule has 2 aromatic heterocycles. The van der Waals surface area contributed by atoms with E-state index in [-0.39, 0.29) is 17.2 Å². The maximum atomic E-state index is 12.1. The molecule has 0 aliphatic heterocycles. The van der Waals surface area contributed by atoms with Crippen LogP contribution < -0.4 is 5.32 Å². The number of benzene rings is 1. The second kappa shape index (κ2) is 5.54. The number of para-hydroxylation sites is 1. The molecular formula is C14H12N2O4S2. The van der Waals surface area contributed by atoms with Gasteiger partial charge in [-0.1, -0.05) is 17.3 Å². The van der Waals surface area contributed by atoms with Crippen LogP contribution in [0.5, 0.6) is 0 Å². The van der Waals surface area contributed by atoms with Gasteiger partial charge in [0.2, 0.25) is 5.91 Å². The zero-order chi connectivity index (χ0) is 15.7. The number of rotatable bonds is 4. The van der Waals surface area contributed by atoms with Crippen LogP contribution in [0.2, 0.25) is 0 Å². The van der Waals surface area contributed by atoms with Gasteiger partial charge in [0, 0.05) is 11.6 Å². The first-order valence-corrected chi connectivity index (χ1v) is 9.13. The molecule has 22 heavy (non-hydrogen) atoms. The molecule has 0 atom stereocenters. The van der Waals surface area contributed by atoms with Gasteiger partial charge in [-0.05, 0) is 23.6 Å². The minimum Gasteiger partial charge on any atom is -0.356 e. The van der Waals surface area contributed by atoms with E-state index in [1.54, 1.807) is 11.4 Å². The van der Waals surface area contributed by atoms with Crippen molar-refractivity contribution in [1.29, 1.82) is 0 Å². The second-order valence-electron chi connectivity index (χ2n) is 4.74. The zero-order valence-corrected chi connectivity index (χ0v) is 13.2. The maximum Gasteiger partial charge on any atom is 0.231 e. The number of carbonyl (C=O) groups excluding carboxylic acids is 1. The summed E-state index contributed by atoms with van der Waals surface area (Å²) in [6, 6.07) is 8.72. The molecule has 3 rings (SSSR count). The van der Waals surface area contributed by atoms with Crippen LogP contribution in [0.3, 0.4) is 0 Å². The van der Waals surface area contributed by atoms with E-state index in [1.165, 1.54) is 17.4 Å². The Morgan fingerprint density at radius 1 is 1.32 bits per heavy atom. The molecule has 0 bridgehead atoms. The smallest absolute Gasteiger partial charge is 0.231 e. The van der Waals surface area contributed by atoms with E-state index < -0.39 is 9.84 Å². The summed E-state index contributed by atoms with van der Waals surface area (Å²) >= 11 is 1.17. The Morgan fingerprint density at radius 3 is 2.86 bits per heavy atom. The monoisotopic (exact) mass is 336 g/mol. The van der Waals surface area contributed by atoms with Crippen LogP contribution in [-0.4, -0.2) is 25.7 Å². The van der Waals surface area contributed by atoms with Gasteiger partial charge in [0.15, 0.2) is 15.4 Å². The third kappa shape index (κ3) is 2.88. The molecule has 1 amide bonds. The average Bonchev–Trinajstić information content (AvgIpc) is 3.06. The average molecular weight is 336 g/mol. The molecule has 0 aliphatic carbocycles. The van der Waals surface area contributed by atoms with Crippen molar-refractivity contribution in [2.75, 3.05) is 11.6 Å². The first-order chi connectivity index (χ1) is 10.4. The fourth-order valence-corrected chi connectivity index (χ4v) is 4.15. The highest BCUT2D eigenvalue weighted by Crippen LogP contribution is 2.28. The minimum absolute atomic E-state index is 0.0120. The van der Waals surface area contributed by atoms with Crippen molar-refractivity contribution in [3.8, 4) is 0 Å². The Kier molecular flexibility index (Phi) is 3.71. The normalized spacial score (nSPS) is 11.7. The van der Waals surface area contributed by atoms with Gasteiger partial charge in [-0.25, -0.2) is 8.42 Å². The lowest BCUT2D eigenvalue weighted by atomic mass is 10.2. The Hall–Kier alpha value is -2.19. The van der Waals surface area contributed by atoms with Crippen molar-refractivity contribution in [1.82, 2.24) is 5.16 Å². The van der Waals surface area contributed by atoms with Crippen LogP contribution in [0, 0.1) is 0 Å². The van der Waals surface area contributed by atoms with Crippen molar-refractivity contribution in [3.05, 3.63) is 41.4 Å². The minimum atomic E-state index is -3.37. The number of nitrogens with one attached hydrogen (secondary N) is 1. The third-order valence-electron chi connectivity index (χ3n) is 3.06. The number of nitrogens with zero attached hydrogens (tertiary/aromatic N) is 1. The number of aromatic nitrogens is 1. The van der Waals surface area contributed by atoms with Gasteiger partial charge in [-0.3, -0.25) is 4.79 Å². The number of amides is 1. The summed E-state index contributed by atoms with van der Waals surface area (Å²) in [6.07, 6.45) is 1.12. The van der Waals surface area contributed by atoms with Crippen molar-refractivity contribution in [3.63, 3.8) is 0 Å². The number of thiophene rings is 1. The van der Waals surface area contributed by atoms with E-state index in [0.29, 0.717) is 16.3 Å². The fraction of sp³-hybridized carbons (Fsp3) is 0.143. The molecule has 8 heteroatoms. The molecule has 0 unspecified atom stereocenters. The van der Waals surface area contributed by atoms with E-state index in [2.05, 4.69) is 10.5 Å². The first-order valence-electron chi connectivity index (χ1n) is 6.36. The molecule has 0 saturated heterocycles. The summed E-state index contributed by atoms with van der Waals surface area (Å²) in [7, 11) is -3.37. The van der Waals surface area contributed by atoms with Crippen molar-refractivity contribution in [2.24, 2.45) is 0 Å². The van der Waals surface area contributed by atoms with Crippen molar-refractivity contribution in [2.45, 2.75) is 11.3 Å². The SMILES string of the molecule is CS(=O)(=O)c1ccsc1NC(=O)Cc1noc2ccccc12. The molecule has 0 radical (unpaired) electrons. The molecule has 1 aromatic carbocycles. The predicted molar refractivity (Wildman–Crippen MR) is 83.8 cm³/mol. The highest BCUT2D eigenvalue weighted by molar-refractivity contribution is 7.91. The number of fused-ring (bicyclic) bond motifs is 1. The van der Waals surface area contributed by atoms with E-state index in [1.807, 2.05) is 18.2 Å². The molecule has 0 fully saturated rings. The number of carbonyl (C=O) groups is 1. The summed E-state index contributed by atoms with van der Waals surface area (Å²) in [5.74, 6) is -0.341. The Morgan fingerprint density at radius 2 is 2.09 bits per heavy atom. The van der Waals surface area contributed by atoms with E-state index in [9.17, 15) is 13.2 Å². The highest BCUT2D eigenvalue weighted by atomic mass is 32.2. The lowest BCUT2D eigenvalue weighted by Crippen LogP contribution is -2.15. The van der Waals surface area contributed by atoms with Gasteiger partial charge < -0.3 is 9.84 Å². The summed E-state index contributed by atoms with van der Waals surface area (Å²) in [5, 5.41) is 9.22. The van der Waals surface area contributed by atoms with Crippen molar-refractivity contribution < 1.29 is 17.7 Å². The van der Waals surface area contributed by atoms with E-state index in [4.69, 9.17) is 4.52 Å². The lowest BCUT2D eigenvalue weighted by molar-refractivity contribution is -0.115. The predicted octanol–water partition coefficient (Wildman–Crippen LogP) is 2.47. The summed E-state index contributed by atoms with van der Waals surface area (Å²) in [4.78, 5) is 12.2. The lowest BCUT2D eigenvalue weighted by Gasteiger charge is -2.04. The number of hydrogen-bond acceptors (Lipinski definition) is 6. The van der Waals surface area contributed by atoms with Gasteiger partial charge >= 0.3 is 0 Å². The molecule has 114 valence electrons. The molecule has 6 nitrogen and oxygen atoms in total. The van der Waals surface area contributed by atoms with Crippen LogP contribution in [-0.2, 0) is 21.1 Å². The summed E-state index contributed by atoms with van der Waals surface area (Å²) < 4.78 is 28.4. The molecule has 0 aliphatic rings. The van der Waals surface area contributed by atoms with Crippen LogP contribution in [0.1, 0.15) is 5.69 Å². The molecular weight excluding hydrogens is 324 g/mol. The number of sulfone groups is 1. The van der Waals surface area contributed by atoms with Crippen LogP contribution in [0.25, 0.3) is 11.0 Å². The summed E-state index contributed by atoms with van der Waals surface area (Å²) in [6.45, 7) is 0. The van der Waals surface area contributed by atoms with Gasteiger partial charge in [-0.2, -0.15) is 0 Å². The van der Waals surface area contributed by atoms with Gasteiger partial charge in [0.1, 0.15) is 15.6 Å². The highest BCUT2D eigenvalue weighted by Gasteiger charge is 2.18. The molecule has 3 aromatic rings. The number of anilines is 1. The molecule has 2 heterocycles. The van der Waals surface area contributed by atoms with Crippen LogP contribution >= 0.6 is 11.3 Å². The van der Waals surface area contributed by atoms with E-state index in [0.717, 1.165) is 11.6 Å². The Labute approximate surface area is 130 Å². The molecule has 1 N–H and O–H groups in total.